The molecule has 2 aromatic carbocycles. The predicted octanol–water partition coefficient (Wildman–Crippen LogP) is 4.09. The molecular formula is C26H30FN3O2. The monoisotopic (exact) mass is 435 g/mol. The number of carbonyl (C=O) groups is 1. The summed E-state index contributed by atoms with van der Waals surface area (Å²) in [5, 5.41) is 0. The summed E-state index contributed by atoms with van der Waals surface area (Å²) in [6.45, 7) is 6.79. The van der Waals surface area contributed by atoms with E-state index >= 15 is 4.39 Å². The number of allylic oxidation sites excluding steroid dienone is 1. The van der Waals surface area contributed by atoms with Gasteiger partial charge in [-0.3, -0.25) is 4.79 Å². The maximum atomic E-state index is 15.0. The van der Waals surface area contributed by atoms with Crippen molar-refractivity contribution in [1.29, 1.82) is 0 Å². The molecule has 168 valence electrons. The van der Waals surface area contributed by atoms with Gasteiger partial charge in [0.25, 0.3) is 0 Å². The Labute approximate surface area is 189 Å². The minimum Gasteiger partial charge on any atom is -0.497 e. The molecule has 5 nitrogen and oxygen atoms in total. The van der Waals surface area contributed by atoms with Crippen LogP contribution in [-0.2, 0) is 4.79 Å². The molecule has 0 spiro atoms. The first-order valence-corrected chi connectivity index (χ1v) is 11.1. The number of fused-ring (bicyclic) bond motifs is 1. The SMILES string of the molecule is CCN1CC(C(=O)C=Cc2ccc(OC)cc2)=Cc2cc(F)c(N3CCN(C)CC3)cc21. The van der Waals surface area contributed by atoms with Crippen LogP contribution in [0.25, 0.3) is 12.2 Å². The van der Waals surface area contributed by atoms with Gasteiger partial charge in [-0.25, -0.2) is 4.39 Å². The largest absolute Gasteiger partial charge is 0.497 e. The van der Waals surface area contributed by atoms with Gasteiger partial charge in [-0.15, -0.1) is 0 Å². The number of ether oxygens (including phenoxy) is 1. The minimum atomic E-state index is -0.233. The number of benzene rings is 2. The van der Waals surface area contributed by atoms with Crippen LogP contribution in [0.5, 0.6) is 5.75 Å². The van der Waals surface area contributed by atoms with E-state index in [9.17, 15) is 4.79 Å². The van der Waals surface area contributed by atoms with E-state index in [2.05, 4.69) is 28.7 Å². The first-order valence-electron chi connectivity index (χ1n) is 11.1. The van der Waals surface area contributed by atoms with Gasteiger partial charge in [0.05, 0.1) is 12.8 Å². The number of likely N-dealkylation sites (N-methyl/N-ethyl adjacent to an activating group) is 2. The van der Waals surface area contributed by atoms with Gasteiger partial charge in [-0.2, -0.15) is 0 Å². The van der Waals surface area contributed by atoms with Crippen molar-refractivity contribution in [3.8, 4) is 5.75 Å². The minimum absolute atomic E-state index is 0.0616. The van der Waals surface area contributed by atoms with Crippen LogP contribution in [0.2, 0.25) is 0 Å². The van der Waals surface area contributed by atoms with E-state index in [0.717, 1.165) is 55.3 Å². The molecule has 1 fully saturated rings. The highest BCUT2D eigenvalue weighted by atomic mass is 19.1. The third-order valence-corrected chi connectivity index (χ3v) is 6.21. The number of halogens is 1. The van der Waals surface area contributed by atoms with Crippen LogP contribution in [0.1, 0.15) is 18.1 Å². The topological polar surface area (TPSA) is 36.0 Å². The molecule has 0 radical (unpaired) electrons. The fourth-order valence-electron chi connectivity index (χ4n) is 4.19. The van der Waals surface area contributed by atoms with Crippen molar-refractivity contribution in [3.05, 3.63) is 65.0 Å². The van der Waals surface area contributed by atoms with E-state index in [1.54, 1.807) is 25.3 Å². The summed E-state index contributed by atoms with van der Waals surface area (Å²) in [5.74, 6) is 0.480. The summed E-state index contributed by atoms with van der Waals surface area (Å²) in [6.07, 6.45) is 5.21. The molecule has 0 aliphatic carbocycles. The lowest BCUT2D eigenvalue weighted by Crippen LogP contribution is -2.45. The molecule has 0 amide bonds. The van der Waals surface area contributed by atoms with Crippen molar-refractivity contribution >= 4 is 29.3 Å². The Morgan fingerprint density at radius 2 is 1.81 bits per heavy atom. The Bertz CT molecular complexity index is 1040. The molecular weight excluding hydrogens is 405 g/mol. The van der Waals surface area contributed by atoms with Crippen molar-refractivity contribution in [2.45, 2.75) is 6.92 Å². The first-order chi connectivity index (χ1) is 15.5. The van der Waals surface area contributed by atoms with Crippen molar-refractivity contribution in [3.63, 3.8) is 0 Å². The second kappa shape index (κ2) is 9.57. The van der Waals surface area contributed by atoms with Gasteiger partial charge in [0.15, 0.2) is 5.78 Å². The van der Waals surface area contributed by atoms with Crippen LogP contribution in [0, 0.1) is 5.82 Å². The van der Waals surface area contributed by atoms with Gasteiger partial charge >= 0.3 is 0 Å². The average Bonchev–Trinajstić information content (AvgIpc) is 2.82. The zero-order chi connectivity index (χ0) is 22.7. The third-order valence-electron chi connectivity index (χ3n) is 6.21. The van der Waals surface area contributed by atoms with Crippen LogP contribution < -0.4 is 14.5 Å². The summed E-state index contributed by atoms with van der Waals surface area (Å²) < 4.78 is 20.2. The molecule has 2 heterocycles. The quantitative estimate of drug-likeness (QED) is 0.639. The van der Waals surface area contributed by atoms with E-state index in [-0.39, 0.29) is 11.6 Å². The molecule has 2 aliphatic rings. The first kappa shape index (κ1) is 22.1. The Balaban J connectivity index is 1.57. The molecule has 0 aromatic heterocycles. The zero-order valence-electron chi connectivity index (χ0n) is 19.0. The molecule has 0 atom stereocenters. The van der Waals surface area contributed by atoms with Gasteiger partial charge < -0.3 is 19.4 Å². The number of nitrogens with zero attached hydrogens (tertiary/aromatic N) is 3. The lowest BCUT2D eigenvalue weighted by atomic mass is 9.98. The number of carbonyl (C=O) groups excluding carboxylic acids is 1. The Morgan fingerprint density at radius 3 is 2.47 bits per heavy atom. The Hall–Kier alpha value is -3.12. The number of rotatable bonds is 6. The summed E-state index contributed by atoms with van der Waals surface area (Å²) in [6, 6.07) is 11.1. The van der Waals surface area contributed by atoms with Crippen LogP contribution in [0.4, 0.5) is 15.8 Å². The second-order valence-corrected chi connectivity index (χ2v) is 8.31. The second-order valence-electron chi connectivity index (χ2n) is 8.31. The number of methoxy groups -OCH3 is 1. The number of hydrogen-bond acceptors (Lipinski definition) is 5. The van der Waals surface area contributed by atoms with Crippen LogP contribution in [0.15, 0.2) is 48.0 Å². The predicted molar refractivity (Wildman–Crippen MR) is 129 cm³/mol. The van der Waals surface area contributed by atoms with E-state index in [1.807, 2.05) is 36.4 Å². The van der Waals surface area contributed by atoms with Gasteiger partial charge in [0, 0.05) is 56.1 Å². The Morgan fingerprint density at radius 1 is 1.09 bits per heavy atom. The van der Waals surface area contributed by atoms with E-state index < -0.39 is 0 Å². The number of anilines is 2. The highest BCUT2D eigenvalue weighted by Crippen LogP contribution is 2.35. The zero-order valence-corrected chi connectivity index (χ0v) is 19.0. The van der Waals surface area contributed by atoms with Crippen LogP contribution in [0.3, 0.4) is 0 Å². The van der Waals surface area contributed by atoms with Crippen LogP contribution >= 0.6 is 0 Å². The van der Waals surface area contributed by atoms with E-state index in [4.69, 9.17) is 4.74 Å². The maximum Gasteiger partial charge on any atom is 0.183 e. The number of ketones is 1. The molecule has 0 unspecified atom stereocenters. The molecule has 4 rings (SSSR count). The van der Waals surface area contributed by atoms with Crippen molar-refractivity contribution in [1.82, 2.24) is 4.90 Å². The molecule has 0 N–H and O–H groups in total. The summed E-state index contributed by atoms with van der Waals surface area (Å²) in [5.41, 5.74) is 3.98. The number of piperazine rings is 1. The lowest BCUT2D eigenvalue weighted by Gasteiger charge is -2.36. The van der Waals surface area contributed by atoms with Gasteiger partial charge in [0.1, 0.15) is 11.6 Å². The van der Waals surface area contributed by atoms with Crippen molar-refractivity contribution in [2.75, 3.05) is 63.2 Å². The summed E-state index contributed by atoms with van der Waals surface area (Å²) in [4.78, 5) is 19.4. The van der Waals surface area contributed by atoms with Crippen molar-refractivity contribution in [2.24, 2.45) is 0 Å². The smallest absolute Gasteiger partial charge is 0.183 e. The average molecular weight is 436 g/mol. The highest BCUT2D eigenvalue weighted by Gasteiger charge is 2.24. The number of hydrogen-bond donors (Lipinski definition) is 0. The fourth-order valence-corrected chi connectivity index (χ4v) is 4.19. The van der Waals surface area contributed by atoms with Gasteiger partial charge in [0.2, 0.25) is 0 Å². The van der Waals surface area contributed by atoms with Gasteiger partial charge in [-0.05, 0) is 56.0 Å². The summed E-state index contributed by atoms with van der Waals surface area (Å²) in [7, 11) is 3.71. The Kier molecular flexibility index (Phi) is 6.61. The van der Waals surface area contributed by atoms with Crippen molar-refractivity contribution < 1.29 is 13.9 Å². The van der Waals surface area contributed by atoms with Gasteiger partial charge in [-0.1, -0.05) is 18.2 Å². The highest BCUT2D eigenvalue weighted by molar-refractivity contribution is 6.11. The molecule has 6 heteroatoms. The molecule has 2 aromatic rings. The fraction of sp³-hybridized carbons (Fsp3) is 0.346. The molecule has 0 bridgehead atoms. The summed E-state index contributed by atoms with van der Waals surface area (Å²) >= 11 is 0. The maximum absolute atomic E-state index is 15.0. The van der Waals surface area contributed by atoms with E-state index in [0.29, 0.717) is 17.8 Å². The molecule has 32 heavy (non-hydrogen) atoms. The lowest BCUT2D eigenvalue weighted by molar-refractivity contribution is -0.111. The molecule has 0 saturated carbocycles. The third kappa shape index (κ3) is 4.70. The molecule has 1 saturated heterocycles. The normalized spacial score (nSPS) is 16.8. The van der Waals surface area contributed by atoms with E-state index in [1.165, 1.54) is 0 Å². The molecule has 2 aliphatic heterocycles. The standard InChI is InChI=1S/C26H30FN3O2/c1-4-29-18-21(26(31)10-7-19-5-8-22(32-3)9-6-19)15-20-16-23(27)25(17-24(20)29)30-13-11-28(2)12-14-30/h5-10,15-17H,4,11-14,18H2,1-3H3. The van der Waals surface area contributed by atoms with Crippen LogP contribution in [-0.4, -0.2) is 64.1 Å².